The highest BCUT2D eigenvalue weighted by Crippen LogP contribution is 2.20. The molecule has 1 aromatic rings. The summed E-state index contributed by atoms with van der Waals surface area (Å²) < 4.78 is 30.4. The maximum Gasteiger partial charge on any atom is 0.317 e. The van der Waals surface area contributed by atoms with Crippen molar-refractivity contribution in [1.29, 1.82) is 0 Å². The van der Waals surface area contributed by atoms with Crippen LogP contribution in [0.15, 0.2) is 22.8 Å². The van der Waals surface area contributed by atoms with E-state index in [-0.39, 0.29) is 18.1 Å². The van der Waals surface area contributed by atoms with Gasteiger partial charge >= 0.3 is 6.03 Å². The van der Waals surface area contributed by atoms with Gasteiger partial charge in [0.1, 0.15) is 5.76 Å². The molecule has 0 saturated carbocycles. The van der Waals surface area contributed by atoms with Gasteiger partial charge in [0.25, 0.3) is 0 Å². The Balaban J connectivity index is 1.87. The summed E-state index contributed by atoms with van der Waals surface area (Å²) in [5.74, 6) is 0.711. The van der Waals surface area contributed by atoms with Crippen molar-refractivity contribution in [3.8, 4) is 0 Å². The van der Waals surface area contributed by atoms with Gasteiger partial charge in [0, 0.05) is 25.7 Å². The minimum Gasteiger partial charge on any atom is -0.467 e. The summed E-state index contributed by atoms with van der Waals surface area (Å²) in [7, 11) is -3.20. The summed E-state index contributed by atoms with van der Waals surface area (Å²) in [6.45, 7) is 5.27. The lowest BCUT2D eigenvalue weighted by molar-refractivity contribution is 0.156. The molecule has 1 unspecified atom stereocenters. The quantitative estimate of drug-likeness (QED) is 0.884. The van der Waals surface area contributed by atoms with E-state index in [9.17, 15) is 13.2 Å². The average molecular weight is 343 g/mol. The number of likely N-dealkylation sites (tertiary alicyclic amines) is 1. The molecule has 1 aromatic heterocycles. The van der Waals surface area contributed by atoms with Crippen LogP contribution in [-0.2, 0) is 10.0 Å². The van der Waals surface area contributed by atoms with Gasteiger partial charge in [0.15, 0.2) is 0 Å². The Labute approximate surface area is 137 Å². The van der Waals surface area contributed by atoms with Gasteiger partial charge in [0.2, 0.25) is 10.0 Å². The number of hydrogen-bond donors (Lipinski definition) is 1. The van der Waals surface area contributed by atoms with Gasteiger partial charge in [-0.15, -0.1) is 0 Å². The topological polar surface area (TPSA) is 82.9 Å². The molecule has 2 rings (SSSR count). The summed E-state index contributed by atoms with van der Waals surface area (Å²) in [6, 6.07) is 3.24. The Kier molecular flexibility index (Phi) is 5.69. The number of nitrogens with zero attached hydrogens (tertiary/aromatic N) is 2. The Hall–Kier alpha value is -1.54. The van der Waals surface area contributed by atoms with Crippen LogP contribution >= 0.6 is 0 Å². The molecule has 0 aromatic carbocycles. The molecule has 0 aliphatic carbocycles. The SMILES string of the molecule is CCN(C1CCN(C(=O)NC(C)c2ccco2)CC1)S(C)(=O)=O. The molecular weight excluding hydrogens is 318 g/mol. The molecule has 1 aliphatic heterocycles. The lowest BCUT2D eigenvalue weighted by Gasteiger charge is -2.37. The molecule has 0 spiro atoms. The van der Waals surface area contributed by atoms with E-state index in [0.717, 1.165) is 0 Å². The third-order valence-electron chi connectivity index (χ3n) is 4.21. The summed E-state index contributed by atoms with van der Waals surface area (Å²) >= 11 is 0. The first-order chi connectivity index (χ1) is 10.8. The van der Waals surface area contributed by atoms with Crippen molar-refractivity contribution < 1.29 is 17.6 Å². The molecule has 1 atom stereocenters. The van der Waals surface area contributed by atoms with E-state index >= 15 is 0 Å². The second-order valence-corrected chi connectivity index (χ2v) is 7.81. The van der Waals surface area contributed by atoms with Crippen LogP contribution in [0.5, 0.6) is 0 Å². The average Bonchev–Trinajstić information content (AvgIpc) is 3.01. The second-order valence-electron chi connectivity index (χ2n) is 5.87. The summed E-state index contributed by atoms with van der Waals surface area (Å²) in [5, 5.41) is 2.90. The number of rotatable bonds is 5. The van der Waals surface area contributed by atoms with Crippen LogP contribution in [0, 0.1) is 0 Å². The zero-order valence-electron chi connectivity index (χ0n) is 13.9. The number of furan rings is 1. The maximum atomic E-state index is 12.3. The van der Waals surface area contributed by atoms with Crippen LogP contribution in [0.1, 0.15) is 38.5 Å². The monoisotopic (exact) mass is 343 g/mol. The lowest BCUT2D eigenvalue weighted by Crippen LogP contribution is -2.50. The molecule has 8 heteroatoms. The number of piperidine rings is 1. The third-order valence-corrected chi connectivity index (χ3v) is 5.61. The summed E-state index contributed by atoms with van der Waals surface area (Å²) in [4.78, 5) is 14.0. The minimum absolute atomic E-state index is 0.0263. The normalized spacial score (nSPS) is 18.2. The fourth-order valence-corrected chi connectivity index (χ4v) is 4.23. The molecular formula is C15H25N3O4S. The van der Waals surface area contributed by atoms with Gasteiger partial charge in [-0.25, -0.2) is 13.2 Å². The smallest absolute Gasteiger partial charge is 0.317 e. The molecule has 23 heavy (non-hydrogen) atoms. The molecule has 2 heterocycles. The Morgan fingerprint density at radius 1 is 1.48 bits per heavy atom. The van der Waals surface area contributed by atoms with Crippen molar-refractivity contribution in [2.24, 2.45) is 0 Å². The number of carbonyl (C=O) groups excluding carboxylic acids is 1. The molecule has 130 valence electrons. The maximum absolute atomic E-state index is 12.3. The molecule has 2 amide bonds. The number of amides is 2. The van der Waals surface area contributed by atoms with Crippen molar-refractivity contribution in [3.05, 3.63) is 24.2 Å². The molecule has 1 N–H and O–H groups in total. The fourth-order valence-electron chi connectivity index (χ4n) is 3.01. The van der Waals surface area contributed by atoms with Crippen LogP contribution in [0.3, 0.4) is 0 Å². The Bertz CT molecular complexity index is 607. The van der Waals surface area contributed by atoms with Gasteiger partial charge in [-0.05, 0) is 31.9 Å². The van der Waals surface area contributed by atoms with E-state index < -0.39 is 10.0 Å². The van der Waals surface area contributed by atoms with Crippen LogP contribution in [-0.4, -0.2) is 55.6 Å². The first-order valence-corrected chi connectivity index (χ1v) is 9.73. The summed E-state index contributed by atoms with van der Waals surface area (Å²) in [5.41, 5.74) is 0. The minimum atomic E-state index is -3.20. The number of sulfonamides is 1. The predicted octanol–water partition coefficient (Wildman–Crippen LogP) is 1.80. The van der Waals surface area contributed by atoms with Crippen molar-refractivity contribution in [3.63, 3.8) is 0 Å². The number of carbonyl (C=O) groups is 1. The highest BCUT2D eigenvalue weighted by atomic mass is 32.2. The van der Waals surface area contributed by atoms with Crippen molar-refractivity contribution in [1.82, 2.24) is 14.5 Å². The first kappa shape index (κ1) is 17.8. The van der Waals surface area contributed by atoms with Crippen LogP contribution in [0.2, 0.25) is 0 Å². The Morgan fingerprint density at radius 3 is 2.61 bits per heavy atom. The van der Waals surface area contributed by atoms with Gasteiger partial charge in [0.05, 0.1) is 18.6 Å². The van der Waals surface area contributed by atoms with Crippen LogP contribution in [0.4, 0.5) is 4.79 Å². The van der Waals surface area contributed by atoms with E-state index in [2.05, 4.69) is 5.32 Å². The van der Waals surface area contributed by atoms with E-state index in [1.54, 1.807) is 17.2 Å². The predicted molar refractivity (Wildman–Crippen MR) is 87.5 cm³/mol. The molecule has 1 aliphatic rings. The fraction of sp³-hybridized carbons (Fsp3) is 0.667. The van der Waals surface area contributed by atoms with Crippen LogP contribution < -0.4 is 5.32 Å². The van der Waals surface area contributed by atoms with Gasteiger partial charge < -0.3 is 14.6 Å². The zero-order chi connectivity index (χ0) is 17.0. The zero-order valence-corrected chi connectivity index (χ0v) is 14.7. The van der Waals surface area contributed by atoms with Crippen molar-refractivity contribution >= 4 is 16.1 Å². The molecule has 1 saturated heterocycles. The second kappa shape index (κ2) is 7.35. The molecule has 0 radical (unpaired) electrons. The third kappa shape index (κ3) is 4.48. The van der Waals surface area contributed by atoms with E-state index in [1.807, 2.05) is 19.9 Å². The van der Waals surface area contributed by atoms with E-state index in [4.69, 9.17) is 4.42 Å². The van der Waals surface area contributed by atoms with Crippen molar-refractivity contribution in [2.75, 3.05) is 25.9 Å². The number of hydrogen-bond acceptors (Lipinski definition) is 4. The van der Waals surface area contributed by atoms with Gasteiger partial charge in [-0.3, -0.25) is 0 Å². The standard InChI is InChI=1S/C15H25N3O4S/c1-4-18(23(3,20)21)13-7-9-17(10-8-13)15(19)16-12(2)14-6-5-11-22-14/h5-6,11-13H,4,7-10H2,1-3H3,(H,16,19). The number of urea groups is 1. The highest BCUT2D eigenvalue weighted by Gasteiger charge is 2.30. The highest BCUT2D eigenvalue weighted by molar-refractivity contribution is 7.88. The van der Waals surface area contributed by atoms with Gasteiger partial charge in [-0.1, -0.05) is 6.92 Å². The molecule has 7 nitrogen and oxygen atoms in total. The summed E-state index contributed by atoms with van der Waals surface area (Å²) in [6.07, 6.45) is 4.13. The van der Waals surface area contributed by atoms with E-state index in [0.29, 0.717) is 38.2 Å². The largest absolute Gasteiger partial charge is 0.467 e. The lowest BCUT2D eigenvalue weighted by atomic mass is 10.1. The van der Waals surface area contributed by atoms with Crippen LogP contribution in [0.25, 0.3) is 0 Å². The number of nitrogens with one attached hydrogen (secondary N) is 1. The molecule has 1 fully saturated rings. The van der Waals surface area contributed by atoms with Crippen molar-refractivity contribution in [2.45, 2.75) is 38.8 Å². The first-order valence-electron chi connectivity index (χ1n) is 7.88. The van der Waals surface area contributed by atoms with Gasteiger partial charge in [-0.2, -0.15) is 4.31 Å². The van der Waals surface area contributed by atoms with E-state index in [1.165, 1.54) is 10.6 Å². The molecule has 0 bridgehead atoms. The Morgan fingerprint density at radius 2 is 2.13 bits per heavy atom.